The Balaban J connectivity index is 2.84. The summed E-state index contributed by atoms with van der Waals surface area (Å²) in [5.41, 5.74) is 0.439. The Morgan fingerprint density at radius 2 is 1.87 bits per heavy atom. The average Bonchev–Trinajstić information content (AvgIpc) is 2.44. The quantitative estimate of drug-likeness (QED) is 0.474. The molecule has 1 N–H and O–H groups in total. The molecule has 0 saturated heterocycles. The maximum Gasteiger partial charge on any atom is 0.250 e. The van der Waals surface area contributed by atoms with Crippen LogP contribution in [0, 0.1) is 0 Å². The number of sulfone groups is 1. The molecule has 2 aromatic heterocycles. The molecule has 2 aromatic rings. The molecule has 0 radical (unpaired) electrons. The van der Waals surface area contributed by atoms with Gasteiger partial charge in [0.15, 0.2) is 10.8 Å². The number of nitrogens with zero attached hydrogens (tertiary/aromatic N) is 3. The van der Waals surface area contributed by atoms with Gasteiger partial charge in [0.25, 0.3) is 0 Å². The average molecular weight is 267 g/mol. The third kappa shape index (κ3) is 1.90. The first-order chi connectivity index (χ1) is 6.88. The second-order valence-electron chi connectivity index (χ2n) is 2.80. The second kappa shape index (κ2) is 3.29. The van der Waals surface area contributed by atoms with E-state index in [1.165, 1.54) is 0 Å². The Hall–Kier alpha value is -0.920. The molecule has 0 atom stereocenters. The molecule has 0 spiro atoms. The molecule has 0 fully saturated rings. The molecule has 0 aliphatic carbocycles. The number of nitrogens with one attached hydrogen (secondary N) is 1. The standard InChI is InChI=1S/C6H4Cl2N4O2S/c1-15(13,14)6-10-3(7)2-4(12-6)11-5(8)9-2/h1H3,(H,9,10,11,12). The fraction of sp³-hybridized carbons (Fsp3) is 0.167. The number of halogens is 2. The lowest BCUT2D eigenvalue weighted by molar-refractivity contribution is 0.593. The lowest BCUT2D eigenvalue weighted by Crippen LogP contribution is -2.04. The predicted molar refractivity (Wildman–Crippen MR) is 54.8 cm³/mol. The summed E-state index contributed by atoms with van der Waals surface area (Å²) in [4.78, 5) is 13.7. The van der Waals surface area contributed by atoms with Gasteiger partial charge in [-0.15, -0.1) is 0 Å². The van der Waals surface area contributed by atoms with E-state index in [0.29, 0.717) is 5.52 Å². The third-order valence-electron chi connectivity index (χ3n) is 1.59. The van der Waals surface area contributed by atoms with Crippen molar-refractivity contribution in [1.82, 2.24) is 19.9 Å². The molecule has 2 rings (SSSR count). The molecule has 0 amide bonds. The summed E-state index contributed by atoms with van der Waals surface area (Å²) in [5.74, 6) is 0. The first kappa shape index (κ1) is 10.6. The summed E-state index contributed by atoms with van der Waals surface area (Å²) in [5, 5.41) is -0.324. The van der Waals surface area contributed by atoms with Crippen LogP contribution in [0.25, 0.3) is 11.2 Å². The van der Waals surface area contributed by atoms with E-state index in [9.17, 15) is 8.42 Å². The molecule has 0 saturated carbocycles. The van der Waals surface area contributed by atoms with E-state index in [-0.39, 0.29) is 21.2 Å². The summed E-state index contributed by atoms with van der Waals surface area (Å²) in [6.07, 6.45) is 0.985. The number of imidazole rings is 1. The van der Waals surface area contributed by atoms with Crippen molar-refractivity contribution in [3.05, 3.63) is 10.4 Å². The molecule has 0 unspecified atom stereocenters. The van der Waals surface area contributed by atoms with Crippen molar-refractivity contribution < 1.29 is 8.42 Å². The molecule has 0 bridgehead atoms. The molecule has 15 heavy (non-hydrogen) atoms. The number of aromatic amines is 1. The number of hydrogen-bond donors (Lipinski definition) is 1. The van der Waals surface area contributed by atoms with E-state index in [0.717, 1.165) is 6.26 Å². The largest absolute Gasteiger partial charge is 0.325 e. The van der Waals surface area contributed by atoms with E-state index in [4.69, 9.17) is 23.2 Å². The highest BCUT2D eigenvalue weighted by Crippen LogP contribution is 2.21. The Labute approximate surface area is 94.6 Å². The van der Waals surface area contributed by atoms with Crippen LogP contribution in [0.4, 0.5) is 0 Å². The van der Waals surface area contributed by atoms with Crippen molar-refractivity contribution in [2.75, 3.05) is 6.26 Å². The van der Waals surface area contributed by atoms with Gasteiger partial charge < -0.3 is 4.98 Å². The zero-order valence-corrected chi connectivity index (χ0v) is 9.65. The molecular weight excluding hydrogens is 263 g/mol. The van der Waals surface area contributed by atoms with Gasteiger partial charge in [0.1, 0.15) is 5.52 Å². The van der Waals surface area contributed by atoms with Crippen LogP contribution in [0.15, 0.2) is 5.16 Å². The van der Waals surface area contributed by atoms with Crippen molar-refractivity contribution >= 4 is 44.2 Å². The summed E-state index contributed by atoms with van der Waals surface area (Å²) in [6.45, 7) is 0. The molecule has 9 heteroatoms. The van der Waals surface area contributed by atoms with Crippen LogP contribution in [0.3, 0.4) is 0 Å². The summed E-state index contributed by atoms with van der Waals surface area (Å²) < 4.78 is 22.4. The lowest BCUT2D eigenvalue weighted by Gasteiger charge is -1.96. The maximum atomic E-state index is 11.2. The fourth-order valence-corrected chi connectivity index (χ4v) is 1.93. The van der Waals surface area contributed by atoms with E-state index in [2.05, 4.69) is 19.9 Å². The summed E-state index contributed by atoms with van der Waals surface area (Å²) >= 11 is 11.3. The highest BCUT2D eigenvalue weighted by molar-refractivity contribution is 7.90. The van der Waals surface area contributed by atoms with Gasteiger partial charge in [-0.2, -0.15) is 9.97 Å². The number of fused-ring (bicyclic) bond motifs is 1. The van der Waals surface area contributed by atoms with Gasteiger partial charge in [-0.1, -0.05) is 11.6 Å². The van der Waals surface area contributed by atoms with Crippen molar-refractivity contribution in [1.29, 1.82) is 0 Å². The van der Waals surface area contributed by atoms with Gasteiger partial charge in [-0.25, -0.2) is 13.4 Å². The third-order valence-corrected chi connectivity index (χ3v) is 2.89. The second-order valence-corrected chi connectivity index (χ2v) is 5.42. The summed E-state index contributed by atoms with van der Waals surface area (Å²) in [7, 11) is -3.51. The van der Waals surface area contributed by atoms with Crippen LogP contribution in [0.5, 0.6) is 0 Å². The smallest absolute Gasteiger partial charge is 0.250 e. The molecule has 80 valence electrons. The Kier molecular flexibility index (Phi) is 2.32. The highest BCUT2D eigenvalue weighted by Gasteiger charge is 2.16. The topological polar surface area (TPSA) is 88.6 Å². The van der Waals surface area contributed by atoms with Gasteiger partial charge in [0.2, 0.25) is 20.3 Å². The minimum Gasteiger partial charge on any atom is -0.325 e. The number of hydrogen-bond acceptors (Lipinski definition) is 5. The van der Waals surface area contributed by atoms with Crippen molar-refractivity contribution in [2.24, 2.45) is 0 Å². The van der Waals surface area contributed by atoms with Crippen LogP contribution in [-0.2, 0) is 9.84 Å². The minimum atomic E-state index is -3.51. The number of H-pyrrole nitrogens is 1. The zero-order chi connectivity index (χ0) is 11.2. The first-order valence-corrected chi connectivity index (χ1v) is 6.31. The van der Waals surface area contributed by atoms with Gasteiger partial charge in [-0.05, 0) is 11.6 Å². The van der Waals surface area contributed by atoms with Gasteiger partial charge >= 0.3 is 0 Å². The van der Waals surface area contributed by atoms with E-state index < -0.39 is 9.84 Å². The molecule has 0 aliphatic rings. The van der Waals surface area contributed by atoms with Crippen LogP contribution in [0.1, 0.15) is 0 Å². The molecule has 2 heterocycles. The predicted octanol–water partition coefficient (Wildman–Crippen LogP) is 1.06. The van der Waals surface area contributed by atoms with Crippen molar-refractivity contribution in [2.45, 2.75) is 5.16 Å². The molecule has 0 aliphatic heterocycles. The zero-order valence-electron chi connectivity index (χ0n) is 7.32. The summed E-state index contributed by atoms with van der Waals surface area (Å²) in [6, 6.07) is 0. The van der Waals surface area contributed by atoms with Gasteiger partial charge in [0.05, 0.1) is 0 Å². The normalized spacial score (nSPS) is 12.2. The fourth-order valence-electron chi connectivity index (χ4n) is 0.982. The van der Waals surface area contributed by atoms with Gasteiger partial charge in [-0.3, -0.25) is 0 Å². The molecular formula is C6H4Cl2N4O2S. The van der Waals surface area contributed by atoms with Crippen LogP contribution >= 0.6 is 23.2 Å². The Bertz CT molecular complexity index is 636. The van der Waals surface area contributed by atoms with Crippen LogP contribution in [-0.4, -0.2) is 34.6 Å². The van der Waals surface area contributed by atoms with Crippen molar-refractivity contribution in [3.8, 4) is 0 Å². The van der Waals surface area contributed by atoms with Crippen LogP contribution < -0.4 is 0 Å². The highest BCUT2D eigenvalue weighted by atomic mass is 35.5. The maximum absolute atomic E-state index is 11.2. The van der Waals surface area contributed by atoms with Crippen molar-refractivity contribution in [3.63, 3.8) is 0 Å². The van der Waals surface area contributed by atoms with Gasteiger partial charge in [0, 0.05) is 6.26 Å². The monoisotopic (exact) mass is 266 g/mol. The Morgan fingerprint density at radius 1 is 1.20 bits per heavy atom. The minimum absolute atomic E-state index is 0.0279. The SMILES string of the molecule is CS(=O)(=O)c1nc(Cl)c2[nH]c(Cl)nc2n1. The van der Waals surface area contributed by atoms with E-state index in [1.807, 2.05) is 0 Å². The molecule has 0 aromatic carbocycles. The number of aromatic nitrogens is 4. The number of rotatable bonds is 1. The van der Waals surface area contributed by atoms with E-state index in [1.54, 1.807) is 0 Å². The van der Waals surface area contributed by atoms with E-state index >= 15 is 0 Å². The first-order valence-electron chi connectivity index (χ1n) is 3.67. The molecule has 6 nitrogen and oxygen atoms in total. The Morgan fingerprint density at radius 3 is 2.47 bits per heavy atom. The lowest BCUT2D eigenvalue weighted by atomic mass is 10.6. The van der Waals surface area contributed by atoms with Crippen LogP contribution in [0.2, 0.25) is 10.4 Å².